The number of carbonyl (C=O) groups is 1. The van der Waals surface area contributed by atoms with E-state index in [9.17, 15) is 4.79 Å². The molecule has 0 aliphatic rings. The second-order valence-electron chi connectivity index (χ2n) is 9.45. The molecule has 0 aromatic heterocycles. The molecule has 0 fully saturated rings. The molecule has 0 saturated carbocycles. The predicted molar refractivity (Wildman–Crippen MR) is 109 cm³/mol. The van der Waals surface area contributed by atoms with Crippen molar-refractivity contribution in [3.8, 4) is 0 Å². The van der Waals surface area contributed by atoms with E-state index >= 15 is 0 Å². The molecule has 0 bridgehead atoms. The first kappa shape index (κ1) is 23.7. The Morgan fingerprint density at radius 3 is 1.42 bits per heavy atom. The highest BCUT2D eigenvalue weighted by Crippen LogP contribution is 2.20. The van der Waals surface area contributed by atoms with E-state index in [1.807, 2.05) is 0 Å². The Bertz CT molecular complexity index is 285. The van der Waals surface area contributed by atoms with Gasteiger partial charge in [0.1, 0.15) is 5.78 Å². The minimum absolute atomic E-state index is 0.158. The molecule has 144 valence electrons. The number of rotatable bonds is 16. The summed E-state index contributed by atoms with van der Waals surface area (Å²) in [5.41, 5.74) is 0.158. The van der Waals surface area contributed by atoms with Crippen LogP contribution in [0.2, 0.25) is 0 Å². The summed E-state index contributed by atoms with van der Waals surface area (Å²) >= 11 is 0. The lowest BCUT2D eigenvalue weighted by atomic mass is 9.88. The van der Waals surface area contributed by atoms with Crippen molar-refractivity contribution >= 4 is 5.78 Å². The van der Waals surface area contributed by atoms with Gasteiger partial charge in [0.25, 0.3) is 0 Å². The quantitative estimate of drug-likeness (QED) is 0.260. The topological polar surface area (TPSA) is 17.1 Å². The van der Waals surface area contributed by atoms with Crippen LogP contribution in [0, 0.1) is 11.3 Å². The third-order valence-corrected chi connectivity index (χ3v) is 4.71. The zero-order valence-electron chi connectivity index (χ0n) is 17.6. The van der Waals surface area contributed by atoms with Gasteiger partial charge in [0.2, 0.25) is 0 Å². The molecule has 0 aromatic rings. The molecule has 0 heterocycles. The zero-order valence-corrected chi connectivity index (χ0v) is 17.6. The summed E-state index contributed by atoms with van der Waals surface area (Å²) < 4.78 is 0. The minimum atomic E-state index is 0.158. The van der Waals surface area contributed by atoms with Crippen LogP contribution in [0.4, 0.5) is 0 Å². The van der Waals surface area contributed by atoms with Gasteiger partial charge in [0.15, 0.2) is 0 Å². The van der Waals surface area contributed by atoms with Crippen LogP contribution in [0.25, 0.3) is 0 Å². The first-order valence-electron chi connectivity index (χ1n) is 10.8. The summed E-state index contributed by atoms with van der Waals surface area (Å²) in [5.74, 6) is 1.33. The lowest BCUT2D eigenvalue weighted by Crippen LogP contribution is -2.12. The average Bonchev–Trinajstić information content (AvgIpc) is 2.45. The maximum absolute atomic E-state index is 11.8. The minimum Gasteiger partial charge on any atom is -0.300 e. The van der Waals surface area contributed by atoms with E-state index in [0.29, 0.717) is 5.78 Å². The molecule has 1 heteroatoms. The van der Waals surface area contributed by atoms with Crippen molar-refractivity contribution in [2.24, 2.45) is 11.3 Å². The molecule has 0 amide bonds. The summed E-state index contributed by atoms with van der Waals surface area (Å²) in [6.07, 6.45) is 19.4. The maximum Gasteiger partial charge on any atom is 0.133 e. The number of hydrogen-bond acceptors (Lipinski definition) is 1. The van der Waals surface area contributed by atoms with Gasteiger partial charge in [-0.2, -0.15) is 0 Å². The molecule has 0 aliphatic heterocycles. The van der Waals surface area contributed by atoms with Crippen molar-refractivity contribution in [1.82, 2.24) is 0 Å². The Labute approximate surface area is 153 Å². The summed E-state index contributed by atoms with van der Waals surface area (Å²) in [5, 5.41) is 0. The molecular weight excluding hydrogens is 292 g/mol. The molecule has 0 radical (unpaired) electrons. The van der Waals surface area contributed by atoms with Crippen molar-refractivity contribution < 1.29 is 4.79 Å². The summed E-state index contributed by atoms with van der Waals surface area (Å²) in [6, 6.07) is 0. The van der Waals surface area contributed by atoms with Crippen LogP contribution in [0.3, 0.4) is 0 Å². The van der Waals surface area contributed by atoms with Gasteiger partial charge in [-0.05, 0) is 17.8 Å². The lowest BCUT2D eigenvalue weighted by Gasteiger charge is -2.16. The van der Waals surface area contributed by atoms with Crippen LogP contribution in [-0.2, 0) is 4.79 Å². The first-order chi connectivity index (χ1) is 11.3. The highest BCUT2D eigenvalue weighted by Gasteiger charge is 2.15. The Morgan fingerprint density at radius 2 is 1.04 bits per heavy atom. The van der Waals surface area contributed by atoms with Crippen molar-refractivity contribution in [3.05, 3.63) is 0 Å². The van der Waals surface area contributed by atoms with E-state index in [1.54, 1.807) is 0 Å². The van der Waals surface area contributed by atoms with Crippen molar-refractivity contribution in [2.75, 3.05) is 0 Å². The number of hydrogen-bond donors (Lipinski definition) is 0. The van der Waals surface area contributed by atoms with E-state index in [4.69, 9.17) is 0 Å². The third kappa shape index (κ3) is 19.7. The van der Waals surface area contributed by atoms with E-state index in [2.05, 4.69) is 34.6 Å². The summed E-state index contributed by atoms with van der Waals surface area (Å²) in [4.78, 5) is 11.8. The molecule has 24 heavy (non-hydrogen) atoms. The first-order valence-corrected chi connectivity index (χ1v) is 10.8. The van der Waals surface area contributed by atoms with E-state index in [1.165, 1.54) is 77.0 Å². The van der Waals surface area contributed by atoms with Gasteiger partial charge in [0.05, 0.1) is 0 Å². The smallest absolute Gasteiger partial charge is 0.133 e. The van der Waals surface area contributed by atoms with Gasteiger partial charge in [-0.25, -0.2) is 0 Å². The molecule has 0 rings (SSSR count). The zero-order chi connectivity index (χ0) is 18.3. The Morgan fingerprint density at radius 1 is 0.667 bits per heavy atom. The van der Waals surface area contributed by atoms with Crippen LogP contribution in [0.15, 0.2) is 0 Å². The van der Waals surface area contributed by atoms with Gasteiger partial charge in [-0.15, -0.1) is 0 Å². The fourth-order valence-electron chi connectivity index (χ4n) is 3.32. The van der Waals surface area contributed by atoms with Crippen LogP contribution in [-0.4, -0.2) is 5.78 Å². The highest BCUT2D eigenvalue weighted by atomic mass is 16.1. The van der Waals surface area contributed by atoms with Crippen molar-refractivity contribution in [1.29, 1.82) is 0 Å². The van der Waals surface area contributed by atoms with Crippen LogP contribution >= 0.6 is 0 Å². The largest absolute Gasteiger partial charge is 0.300 e. The summed E-state index contributed by atoms with van der Waals surface area (Å²) in [7, 11) is 0. The number of carbonyl (C=O) groups excluding carboxylic acids is 1. The van der Waals surface area contributed by atoms with Gasteiger partial charge in [0, 0.05) is 12.8 Å². The van der Waals surface area contributed by atoms with Gasteiger partial charge in [-0.3, -0.25) is 4.79 Å². The van der Waals surface area contributed by atoms with Gasteiger partial charge < -0.3 is 0 Å². The van der Waals surface area contributed by atoms with E-state index < -0.39 is 0 Å². The third-order valence-electron chi connectivity index (χ3n) is 4.71. The van der Waals surface area contributed by atoms with E-state index in [0.717, 1.165) is 25.2 Å². The van der Waals surface area contributed by atoms with Gasteiger partial charge in [-0.1, -0.05) is 112 Å². The molecule has 0 aliphatic carbocycles. The summed E-state index contributed by atoms with van der Waals surface area (Å²) in [6.45, 7) is 11.1. The predicted octanol–water partition coefficient (Wildman–Crippen LogP) is 8.11. The van der Waals surface area contributed by atoms with Crippen molar-refractivity contribution in [3.63, 3.8) is 0 Å². The second-order valence-corrected chi connectivity index (χ2v) is 9.45. The fourth-order valence-corrected chi connectivity index (χ4v) is 3.32. The molecule has 0 atom stereocenters. The fraction of sp³-hybridized carbons (Fsp3) is 0.957. The lowest BCUT2D eigenvalue weighted by molar-refractivity contribution is -0.120. The van der Waals surface area contributed by atoms with Crippen LogP contribution in [0.1, 0.15) is 131 Å². The number of ketones is 1. The molecule has 0 unspecified atom stereocenters. The normalized spacial score (nSPS) is 12.1. The molecule has 0 saturated heterocycles. The number of unbranched alkanes of at least 4 members (excludes halogenated alkanes) is 11. The highest BCUT2D eigenvalue weighted by molar-refractivity contribution is 5.78. The Kier molecular flexibility index (Phi) is 14.8. The number of Topliss-reactive ketones (excluding diaryl/α,β-unsaturated/α-hetero) is 1. The van der Waals surface area contributed by atoms with Crippen molar-refractivity contribution in [2.45, 2.75) is 131 Å². The average molecular weight is 339 g/mol. The second kappa shape index (κ2) is 15.0. The molecule has 1 nitrogen and oxygen atoms in total. The van der Waals surface area contributed by atoms with E-state index in [-0.39, 0.29) is 5.41 Å². The van der Waals surface area contributed by atoms with Crippen LogP contribution in [0.5, 0.6) is 0 Å². The van der Waals surface area contributed by atoms with Gasteiger partial charge >= 0.3 is 0 Å². The molecule has 0 aromatic carbocycles. The van der Waals surface area contributed by atoms with Crippen LogP contribution < -0.4 is 0 Å². The maximum atomic E-state index is 11.8. The Hall–Kier alpha value is -0.330. The SMILES string of the molecule is CC(C)CCCCCCCCCCCCCCC(=O)CC(C)(C)C. The molecule has 0 spiro atoms. The standard InChI is InChI=1S/C23H46O/c1-21(2)18-16-14-12-10-8-6-7-9-11-13-15-17-19-22(24)20-23(3,4)5/h21H,6-20H2,1-5H3. The molecular formula is C23H46O. The Balaban J connectivity index is 3.17. The molecule has 0 N–H and O–H groups in total. The monoisotopic (exact) mass is 338 g/mol.